The maximum absolute atomic E-state index is 13.8. The maximum Gasteiger partial charge on any atom is 0.257 e. The minimum absolute atomic E-state index is 0.0650. The Kier molecular flexibility index (Phi) is 3.80. The van der Waals surface area contributed by atoms with Crippen LogP contribution >= 0.6 is 0 Å². The predicted octanol–water partition coefficient (Wildman–Crippen LogP) is 3.70. The maximum atomic E-state index is 13.8. The van der Waals surface area contributed by atoms with Crippen molar-refractivity contribution in [1.29, 1.82) is 0 Å². The SMILES string of the molecule is Cc1c(F)cccc1N1CC(c2noc(-c3ccccc3)n2)CC1=O. The van der Waals surface area contributed by atoms with Gasteiger partial charge in [-0.3, -0.25) is 4.79 Å². The molecular formula is C19H16FN3O2. The van der Waals surface area contributed by atoms with Gasteiger partial charge in [0.2, 0.25) is 5.91 Å². The van der Waals surface area contributed by atoms with Crippen molar-refractivity contribution < 1.29 is 13.7 Å². The number of nitrogens with zero attached hydrogens (tertiary/aromatic N) is 3. The average Bonchev–Trinajstić information content (AvgIpc) is 3.25. The fourth-order valence-electron chi connectivity index (χ4n) is 3.10. The van der Waals surface area contributed by atoms with E-state index in [1.807, 2.05) is 30.3 Å². The van der Waals surface area contributed by atoms with E-state index in [0.29, 0.717) is 29.5 Å². The molecule has 0 aliphatic carbocycles. The number of anilines is 1. The molecule has 1 aromatic heterocycles. The van der Waals surface area contributed by atoms with Crippen LogP contribution in [0.1, 0.15) is 23.7 Å². The van der Waals surface area contributed by atoms with Gasteiger partial charge < -0.3 is 9.42 Å². The minimum Gasteiger partial charge on any atom is -0.334 e. The van der Waals surface area contributed by atoms with Crippen LogP contribution in [-0.2, 0) is 4.79 Å². The van der Waals surface area contributed by atoms with E-state index >= 15 is 0 Å². The Morgan fingerprint density at radius 2 is 1.96 bits per heavy atom. The zero-order chi connectivity index (χ0) is 17.4. The van der Waals surface area contributed by atoms with Crippen molar-refractivity contribution in [1.82, 2.24) is 10.1 Å². The monoisotopic (exact) mass is 337 g/mol. The molecule has 1 atom stereocenters. The summed E-state index contributed by atoms with van der Waals surface area (Å²) in [6.45, 7) is 2.09. The molecule has 0 bridgehead atoms. The molecule has 1 saturated heterocycles. The molecule has 1 fully saturated rings. The van der Waals surface area contributed by atoms with Crippen LogP contribution < -0.4 is 4.90 Å². The van der Waals surface area contributed by atoms with E-state index in [1.54, 1.807) is 24.0 Å². The number of carbonyl (C=O) groups is 1. The second-order valence-electron chi connectivity index (χ2n) is 6.11. The standard InChI is InChI=1S/C19H16FN3O2/c1-12-15(20)8-5-9-16(12)23-11-14(10-17(23)24)18-21-19(25-22-18)13-6-3-2-4-7-13/h2-9,14H,10-11H2,1H3. The Bertz CT molecular complexity index is 923. The van der Waals surface area contributed by atoms with Gasteiger partial charge in [0.15, 0.2) is 5.82 Å². The van der Waals surface area contributed by atoms with E-state index in [9.17, 15) is 9.18 Å². The van der Waals surface area contributed by atoms with Gasteiger partial charge >= 0.3 is 0 Å². The van der Waals surface area contributed by atoms with Crippen LogP contribution in [0.25, 0.3) is 11.5 Å². The van der Waals surface area contributed by atoms with Gasteiger partial charge in [-0.25, -0.2) is 4.39 Å². The van der Waals surface area contributed by atoms with Gasteiger partial charge in [0.05, 0.1) is 0 Å². The second-order valence-corrected chi connectivity index (χ2v) is 6.11. The molecule has 1 aliphatic heterocycles. The summed E-state index contributed by atoms with van der Waals surface area (Å²) in [5.41, 5.74) is 1.90. The number of amides is 1. The first-order chi connectivity index (χ1) is 12.1. The second kappa shape index (κ2) is 6.12. The molecule has 1 amide bonds. The summed E-state index contributed by atoms with van der Waals surface area (Å²) in [5.74, 6) is 0.382. The zero-order valence-corrected chi connectivity index (χ0v) is 13.6. The summed E-state index contributed by atoms with van der Waals surface area (Å²) in [7, 11) is 0. The lowest BCUT2D eigenvalue weighted by molar-refractivity contribution is -0.117. The molecule has 1 unspecified atom stereocenters. The first-order valence-corrected chi connectivity index (χ1v) is 8.08. The summed E-state index contributed by atoms with van der Waals surface area (Å²) < 4.78 is 19.1. The van der Waals surface area contributed by atoms with Gasteiger partial charge in [0, 0.05) is 35.7 Å². The van der Waals surface area contributed by atoms with Gasteiger partial charge in [0.25, 0.3) is 5.89 Å². The highest BCUT2D eigenvalue weighted by atomic mass is 19.1. The number of benzene rings is 2. The molecule has 4 rings (SSSR count). The Balaban J connectivity index is 1.59. The zero-order valence-electron chi connectivity index (χ0n) is 13.6. The molecule has 0 spiro atoms. The normalized spacial score (nSPS) is 17.3. The molecule has 2 heterocycles. The van der Waals surface area contributed by atoms with Crippen molar-refractivity contribution in [3.63, 3.8) is 0 Å². The third-order valence-corrected chi connectivity index (χ3v) is 4.48. The number of hydrogen-bond donors (Lipinski definition) is 0. The van der Waals surface area contributed by atoms with Crippen molar-refractivity contribution in [2.24, 2.45) is 0 Å². The predicted molar refractivity (Wildman–Crippen MR) is 90.6 cm³/mol. The highest BCUT2D eigenvalue weighted by Crippen LogP contribution is 2.33. The molecule has 6 heteroatoms. The van der Waals surface area contributed by atoms with Crippen molar-refractivity contribution >= 4 is 11.6 Å². The summed E-state index contributed by atoms with van der Waals surface area (Å²) in [5, 5.41) is 4.04. The Hall–Kier alpha value is -3.02. The van der Waals surface area contributed by atoms with Crippen molar-refractivity contribution in [2.75, 3.05) is 11.4 Å². The highest BCUT2D eigenvalue weighted by Gasteiger charge is 2.35. The van der Waals surface area contributed by atoms with Crippen LogP contribution in [0.4, 0.5) is 10.1 Å². The number of carbonyl (C=O) groups excluding carboxylic acids is 1. The first-order valence-electron chi connectivity index (χ1n) is 8.08. The van der Waals surface area contributed by atoms with Gasteiger partial charge in [-0.2, -0.15) is 4.98 Å². The van der Waals surface area contributed by atoms with Gasteiger partial charge in [-0.05, 0) is 31.2 Å². The molecule has 5 nitrogen and oxygen atoms in total. The molecule has 1 aliphatic rings. The third kappa shape index (κ3) is 2.80. The van der Waals surface area contributed by atoms with Gasteiger partial charge in [0.1, 0.15) is 5.82 Å². The summed E-state index contributed by atoms with van der Waals surface area (Å²) >= 11 is 0. The lowest BCUT2D eigenvalue weighted by atomic mass is 10.1. The smallest absolute Gasteiger partial charge is 0.257 e. The van der Waals surface area contributed by atoms with Crippen molar-refractivity contribution in [2.45, 2.75) is 19.3 Å². The minimum atomic E-state index is -0.320. The molecule has 3 aromatic rings. The fourth-order valence-corrected chi connectivity index (χ4v) is 3.10. The summed E-state index contributed by atoms with van der Waals surface area (Å²) in [4.78, 5) is 18.4. The number of aromatic nitrogens is 2. The number of halogens is 1. The Labute approximate surface area is 144 Å². The lowest BCUT2D eigenvalue weighted by Gasteiger charge is -2.18. The van der Waals surface area contributed by atoms with E-state index in [1.165, 1.54) is 6.07 Å². The molecule has 0 saturated carbocycles. The largest absolute Gasteiger partial charge is 0.334 e. The lowest BCUT2D eigenvalue weighted by Crippen LogP contribution is -2.25. The van der Waals surface area contributed by atoms with Crippen molar-refractivity contribution in [3.05, 3.63) is 65.7 Å². The molecule has 126 valence electrons. The summed E-state index contributed by atoms with van der Waals surface area (Å²) in [6, 6.07) is 14.2. The van der Waals surface area contributed by atoms with E-state index in [4.69, 9.17) is 4.52 Å². The molecule has 2 aromatic carbocycles. The van der Waals surface area contributed by atoms with E-state index in [2.05, 4.69) is 10.1 Å². The first kappa shape index (κ1) is 15.5. The van der Waals surface area contributed by atoms with E-state index < -0.39 is 0 Å². The van der Waals surface area contributed by atoms with E-state index in [0.717, 1.165) is 5.56 Å². The Morgan fingerprint density at radius 1 is 1.16 bits per heavy atom. The molecule has 25 heavy (non-hydrogen) atoms. The van der Waals surface area contributed by atoms with Crippen LogP contribution in [0.5, 0.6) is 0 Å². The average molecular weight is 337 g/mol. The van der Waals surface area contributed by atoms with Crippen LogP contribution in [0.2, 0.25) is 0 Å². The quantitative estimate of drug-likeness (QED) is 0.731. The van der Waals surface area contributed by atoms with Gasteiger partial charge in [-0.1, -0.05) is 29.4 Å². The Morgan fingerprint density at radius 3 is 2.76 bits per heavy atom. The fraction of sp³-hybridized carbons (Fsp3) is 0.211. The number of hydrogen-bond acceptors (Lipinski definition) is 4. The topological polar surface area (TPSA) is 59.2 Å². The molecular weight excluding hydrogens is 321 g/mol. The van der Waals surface area contributed by atoms with Crippen LogP contribution in [0.15, 0.2) is 53.1 Å². The van der Waals surface area contributed by atoms with Crippen molar-refractivity contribution in [3.8, 4) is 11.5 Å². The molecule has 0 radical (unpaired) electrons. The number of rotatable bonds is 3. The van der Waals surface area contributed by atoms with Crippen LogP contribution in [-0.4, -0.2) is 22.6 Å². The van der Waals surface area contributed by atoms with Gasteiger partial charge in [-0.15, -0.1) is 0 Å². The highest BCUT2D eigenvalue weighted by molar-refractivity contribution is 5.97. The molecule has 0 N–H and O–H groups in total. The van der Waals surface area contributed by atoms with E-state index in [-0.39, 0.29) is 24.1 Å². The third-order valence-electron chi connectivity index (χ3n) is 4.48. The summed E-state index contributed by atoms with van der Waals surface area (Å²) in [6.07, 6.45) is 0.281. The van der Waals surface area contributed by atoms with Crippen LogP contribution in [0.3, 0.4) is 0 Å². The van der Waals surface area contributed by atoms with Crippen LogP contribution in [0, 0.1) is 12.7 Å².